The van der Waals surface area contributed by atoms with Gasteiger partial charge in [0.2, 0.25) is 0 Å². The van der Waals surface area contributed by atoms with Gasteiger partial charge in [0.25, 0.3) is 0 Å². The summed E-state index contributed by atoms with van der Waals surface area (Å²) in [6, 6.07) is 11.6. The molecule has 0 spiro atoms. The van der Waals surface area contributed by atoms with Crippen LogP contribution >= 0.6 is 0 Å². The van der Waals surface area contributed by atoms with Gasteiger partial charge in [0, 0.05) is 16.8 Å². The minimum absolute atomic E-state index is 0.0114. The monoisotopic (exact) mass is 410 g/mol. The second kappa shape index (κ2) is 7.80. The second-order valence-corrected chi connectivity index (χ2v) is 6.01. The van der Waals surface area contributed by atoms with E-state index in [1.807, 2.05) is 0 Å². The number of benzene rings is 2. The molecule has 4 rings (SSSR count). The number of hydrogen-bond acceptors (Lipinski definition) is 8. The summed E-state index contributed by atoms with van der Waals surface area (Å²) in [5.41, 5.74) is -0.132. The molecule has 0 amide bonds. The number of carboxylic acid groups (broad SMARTS) is 2. The third kappa shape index (κ3) is 3.83. The van der Waals surface area contributed by atoms with Crippen molar-refractivity contribution in [1.82, 2.24) is 9.97 Å². The van der Waals surface area contributed by atoms with Gasteiger partial charge in [-0.15, -0.1) is 0 Å². The van der Waals surface area contributed by atoms with E-state index in [-0.39, 0.29) is 17.2 Å². The fourth-order valence-electron chi connectivity index (χ4n) is 2.64. The van der Waals surface area contributed by atoms with Gasteiger partial charge in [-0.3, -0.25) is 0 Å². The zero-order valence-corrected chi connectivity index (χ0v) is 15.0. The summed E-state index contributed by atoms with van der Waals surface area (Å²) in [7, 11) is 0. The van der Waals surface area contributed by atoms with Gasteiger partial charge >= 0.3 is 11.9 Å². The lowest BCUT2D eigenvalue weighted by Gasteiger charge is -2.05. The van der Waals surface area contributed by atoms with Gasteiger partial charge in [-0.25, -0.2) is 19.6 Å². The molecule has 4 aromatic rings. The first-order valence-electron chi connectivity index (χ1n) is 8.29. The molecule has 0 aliphatic rings. The van der Waals surface area contributed by atoms with E-state index in [1.165, 1.54) is 18.2 Å². The van der Waals surface area contributed by atoms with Gasteiger partial charge in [-0.1, -0.05) is 12.1 Å². The normalized spacial score (nSPS) is 10.4. The maximum Gasteiger partial charge on any atom is 0.358 e. The quantitative estimate of drug-likeness (QED) is 0.287. The number of pyridine rings is 2. The van der Waals surface area contributed by atoms with Crippen molar-refractivity contribution in [3.05, 3.63) is 59.9 Å². The number of phenols is 1. The van der Waals surface area contributed by atoms with Gasteiger partial charge in [-0.2, -0.15) is 0 Å². The molecule has 2 aromatic heterocycles. The number of rotatable bonds is 2. The molecule has 0 saturated heterocycles. The Morgan fingerprint density at radius 2 is 1.37 bits per heavy atom. The van der Waals surface area contributed by atoms with Crippen LogP contribution in [0.3, 0.4) is 0 Å². The lowest BCUT2D eigenvalue weighted by Crippen LogP contribution is -2.01. The molecule has 2 heterocycles. The Kier molecular flexibility index (Phi) is 5.23. The van der Waals surface area contributed by atoms with Gasteiger partial charge in [0.05, 0.1) is 11.0 Å². The van der Waals surface area contributed by atoms with E-state index < -0.39 is 29.1 Å². The smallest absolute Gasteiger partial charge is 0.358 e. The van der Waals surface area contributed by atoms with E-state index in [9.17, 15) is 30.0 Å². The fraction of sp³-hybridized carbons (Fsp3) is 0. The maximum atomic E-state index is 10.7. The van der Waals surface area contributed by atoms with Crippen molar-refractivity contribution in [3.8, 4) is 23.0 Å². The van der Waals surface area contributed by atoms with Crippen LogP contribution in [0.5, 0.6) is 23.0 Å². The van der Waals surface area contributed by atoms with E-state index in [0.717, 1.165) is 6.07 Å². The number of para-hydroxylation sites is 1. The predicted molar refractivity (Wildman–Crippen MR) is 104 cm³/mol. The summed E-state index contributed by atoms with van der Waals surface area (Å²) < 4.78 is 0. The lowest BCUT2D eigenvalue weighted by atomic mass is 10.1. The molecule has 30 heavy (non-hydrogen) atoms. The van der Waals surface area contributed by atoms with E-state index in [1.54, 1.807) is 24.3 Å². The van der Waals surface area contributed by atoms with Gasteiger partial charge in [0.15, 0.2) is 22.9 Å². The first-order valence-corrected chi connectivity index (χ1v) is 8.29. The largest absolute Gasteiger partial charge is 0.508 e. The molecule has 0 atom stereocenters. The number of nitrogens with zero attached hydrogens (tertiary/aromatic N) is 2. The molecule has 0 bridgehead atoms. The van der Waals surface area contributed by atoms with E-state index in [0.29, 0.717) is 21.8 Å². The highest BCUT2D eigenvalue weighted by Crippen LogP contribution is 2.34. The van der Waals surface area contributed by atoms with Crippen LogP contribution in [0.2, 0.25) is 0 Å². The van der Waals surface area contributed by atoms with Crippen molar-refractivity contribution in [2.24, 2.45) is 0 Å². The molecule has 0 fully saturated rings. The Hall–Kier alpha value is -4.60. The van der Waals surface area contributed by atoms with Crippen molar-refractivity contribution in [3.63, 3.8) is 0 Å². The average Bonchev–Trinajstić information content (AvgIpc) is 2.71. The van der Waals surface area contributed by atoms with Crippen molar-refractivity contribution in [2.45, 2.75) is 0 Å². The number of aromatic hydroxyl groups is 4. The molecule has 0 aliphatic heterocycles. The molecule has 0 radical (unpaired) electrons. The number of hydrogen-bond donors (Lipinski definition) is 6. The van der Waals surface area contributed by atoms with E-state index in [2.05, 4.69) is 9.97 Å². The van der Waals surface area contributed by atoms with Crippen molar-refractivity contribution < 1.29 is 40.2 Å². The zero-order valence-electron chi connectivity index (χ0n) is 15.0. The van der Waals surface area contributed by atoms with Crippen molar-refractivity contribution >= 4 is 33.7 Å². The molecule has 10 nitrogen and oxygen atoms in total. The number of aromatic carboxylic acids is 2. The predicted octanol–water partition coefficient (Wildman–Crippen LogP) is 2.69. The topological polar surface area (TPSA) is 181 Å². The summed E-state index contributed by atoms with van der Waals surface area (Å²) >= 11 is 0. The van der Waals surface area contributed by atoms with Crippen LogP contribution in [0, 0.1) is 0 Å². The third-order valence-corrected chi connectivity index (χ3v) is 4.03. The lowest BCUT2D eigenvalue weighted by molar-refractivity contribution is 0.0677. The summed E-state index contributed by atoms with van der Waals surface area (Å²) in [6.45, 7) is 0. The Balaban J connectivity index is 0.000000171. The van der Waals surface area contributed by atoms with Gasteiger partial charge in [0.1, 0.15) is 11.5 Å². The molecule has 0 aliphatic carbocycles. The Morgan fingerprint density at radius 3 is 2.03 bits per heavy atom. The Labute approximate surface area is 167 Å². The summed E-state index contributed by atoms with van der Waals surface area (Å²) in [6.07, 6.45) is 0. The Bertz CT molecular complexity index is 1300. The van der Waals surface area contributed by atoms with Crippen LogP contribution < -0.4 is 0 Å². The molecule has 0 saturated carbocycles. The zero-order chi connectivity index (χ0) is 22.0. The second-order valence-electron chi connectivity index (χ2n) is 6.01. The van der Waals surface area contributed by atoms with Crippen LogP contribution in [0.4, 0.5) is 0 Å². The Morgan fingerprint density at radius 1 is 0.700 bits per heavy atom. The van der Waals surface area contributed by atoms with Gasteiger partial charge < -0.3 is 30.6 Å². The standard InChI is InChI=1S/2C10H7NO4/c12-5-1-2-7-6(3-5)9(13)4-8(11-7)10(14)15;12-8-5-3-1-2-4-6(5)11-7(9(8)13)10(14)15/h1-4,12H,(H,11,13)(H,14,15);1-4,13H,(H,11,12)(H,14,15). The van der Waals surface area contributed by atoms with Crippen molar-refractivity contribution in [1.29, 1.82) is 0 Å². The van der Waals surface area contributed by atoms with Crippen LogP contribution in [-0.2, 0) is 0 Å². The first kappa shape index (κ1) is 20.1. The molecule has 152 valence electrons. The SMILES string of the molecule is O=C(O)c1cc(O)c2cc(O)ccc2n1.O=C(O)c1nc2ccccc2c(O)c1O. The van der Waals surface area contributed by atoms with Crippen LogP contribution in [0.25, 0.3) is 21.8 Å². The minimum atomic E-state index is -1.38. The van der Waals surface area contributed by atoms with Crippen LogP contribution in [-0.4, -0.2) is 52.5 Å². The number of fused-ring (bicyclic) bond motifs is 2. The highest BCUT2D eigenvalue weighted by molar-refractivity contribution is 5.97. The molecule has 10 heteroatoms. The molecular weight excluding hydrogens is 396 g/mol. The number of carboxylic acids is 2. The number of aromatic nitrogens is 2. The maximum absolute atomic E-state index is 10.7. The number of carbonyl (C=O) groups is 2. The third-order valence-electron chi connectivity index (χ3n) is 4.03. The molecular formula is C20H14N2O8. The molecule has 6 N–H and O–H groups in total. The van der Waals surface area contributed by atoms with E-state index >= 15 is 0 Å². The summed E-state index contributed by atoms with van der Waals surface area (Å²) in [5.74, 6) is -3.98. The first-order chi connectivity index (χ1) is 14.2. The van der Waals surface area contributed by atoms with E-state index in [4.69, 9.17) is 10.2 Å². The summed E-state index contributed by atoms with van der Waals surface area (Å²) in [4.78, 5) is 28.9. The van der Waals surface area contributed by atoms with Crippen LogP contribution in [0.15, 0.2) is 48.5 Å². The van der Waals surface area contributed by atoms with Gasteiger partial charge in [-0.05, 0) is 30.3 Å². The highest BCUT2D eigenvalue weighted by atomic mass is 16.4. The highest BCUT2D eigenvalue weighted by Gasteiger charge is 2.18. The number of phenolic OH excluding ortho intramolecular Hbond substituents is 1. The molecule has 2 aromatic carbocycles. The van der Waals surface area contributed by atoms with Crippen LogP contribution in [0.1, 0.15) is 21.0 Å². The average molecular weight is 410 g/mol. The minimum Gasteiger partial charge on any atom is -0.508 e. The van der Waals surface area contributed by atoms with Crippen molar-refractivity contribution in [2.75, 3.05) is 0 Å². The fourth-order valence-corrected chi connectivity index (χ4v) is 2.64. The molecule has 0 unspecified atom stereocenters. The summed E-state index contributed by atoms with van der Waals surface area (Å²) in [5, 5.41) is 55.7.